The second-order valence-corrected chi connectivity index (χ2v) is 6.85. The number of terminal acetylenes is 1. The molecule has 2 aliphatic rings. The largest absolute Gasteiger partial charge is 0.365 e. The highest BCUT2D eigenvalue weighted by Gasteiger charge is 2.40. The van der Waals surface area contributed by atoms with Gasteiger partial charge in [0.25, 0.3) is 0 Å². The first-order valence-corrected chi connectivity index (χ1v) is 8.91. The van der Waals surface area contributed by atoms with Crippen LogP contribution in [0.4, 0.5) is 0 Å². The molecule has 2 aliphatic carbocycles. The van der Waals surface area contributed by atoms with Gasteiger partial charge >= 0.3 is 0 Å². The first-order valence-electron chi connectivity index (χ1n) is 8.91. The molecule has 0 bridgehead atoms. The third-order valence-electron chi connectivity index (χ3n) is 5.59. The van der Waals surface area contributed by atoms with Gasteiger partial charge in [-0.05, 0) is 43.4 Å². The van der Waals surface area contributed by atoms with Crippen molar-refractivity contribution in [1.29, 1.82) is 0 Å². The van der Waals surface area contributed by atoms with Gasteiger partial charge in [0, 0.05) is 0 Å². The zero-order valence-corrected chi connectivity index (χ0v) is 13.3. The average molecular weight is 276 g/mol. The Balaban J connectivity index is 1.91. The summed E-state index contributed by atoms with van der Waals surface area (Å²) in [5.74, 6) is 5.38. The summed E-state index contributed by atoms with van der Waals surface area (Å²) in [4.78, 5) is 0. The molecule has 2 saturated carbocycles. The molecule has 0 radical (unpaired) electrons. The van der Waals surface area contributed by atoms with Crippen molar-refractivity contribution in [2.24, 2.45) is 17.8 Å². The molecule has 0 aromatic heterocycles. The van der Waals surface area contributed by atoms with Crippen molar-refractivity contribution in [1.82, 2.24) is 0 Å². The van der Waals surface area contributed by atoms with E-state index >= 15 is 0 Å². The first-order chi connectivity index (χ1) is 9.86. The van der Waals surface area contributed by atoms with Gasteiger partial charge in [0.15, 0.2) is 0 Å². The number of rotatable bonds is 7. The minimum atomic E-state index is 0.451. The molecule has 0 heterocycles. The van der Waals surface area contributed by atoms with Crippen molar-refractivity contribution in [3.8, 4) is 12.3 Å². The fraction of sp³-hybridized carbons (Fsp3) is 0.895. The molecule has 1 nitrogen and oxygen atoms in total. The molecular formula is C19H32O. The van der Waals surface area contributed by atoms with Crippen LogP contribution in [0.3, 0.4) is 0 Å². The van der Waals surface area contributed by atoms with E-state index in [1.54, 1.807) is 0 Å². The lowest BCUT2D eigenvalue weighted by atomic mass is 9.63. The van der Waals surface area contributed by atoms with E-state index in [0.717, 1.165) is 17.8 Å². The van der Waals surface area contributed by atoms with E-state index in [0.29, 0.717) is 12.7 Å². The summed E-state index contributed by atoms with van der Waals surface area (Å²) in [5.41, 5.74) is 0. The molecule has 114 valence electrons. The SMILES string of the molecule is C#CCOC1CCC2CCCCC2C1CCCCCC. The molecule has 0 saturated heterocycles. The summed E-state index contributed by atoms with van der Waals surface area (Å²) in [7, 11) is 0. The van der Waals surface area contributed by atoms with Gasteiger partial charge in [-0.15, -0.1) is 6.42 Å². The van der Waals surface area contributed by atoms with Gasteiger partial charge in [0.2, 0.25) is 0 Å². The molecule has 2 fully saturated rings. The van der Waals surface area contributed by atoms with Crippen LogP contribution in [0, 0.1) is 30.1 Å². The maximum absolute atomic E-state index is 6.01. The van der Waals surface area contributed by atoms with E-state index < -0.39 is 0 Å². The number of hydrogen-bond donors (Lipinski definition) is 0. The Morgan fingerprint density at radius 3 is 2.70 bits per heavy atom. The molecular weight excluding hydrogens is 244 g/mol. The van der Waals surface area contributed by atoms with Crippen molar-refractivity contribution in [3.63, 3.8) is 0 Å². The molecule has 0 amide bonds. The maximum Gasteiger partial charge on any atom is 0.107 e. The zero-order valence-electron chi connectivity index (χ0n) is 13.3. The second kappa shape index (κ2) is 8.73. The lowest BCUT2D eigenvalue weighted by molar-refractivity contribution is -0.0551. The first kappa shape index (κ1) is 15.9. The summed E-state index contributed by atoms with van der Waals surface area (Å²) in [6.07, 6.45) is 21.1. The van der Waals surface area contributed by atoms with Crippen molar-refractivity contribution in [2.45, 2.75) is 83.7 Å². The molecule has 0 N–H and O–H groups in total. The molecule has 20 heavy (non-hydrogen) atoms. The van der Waals surface area contributed by atoms with E-state index in [4.69, 9.17) is 11.2 Å². The third-order valence-corrected chi connectivity index (χ3v) is 5.59. The Bertz CT molecular complexity index is 303. The molecule has 4 atom stereocenters. The average Bonchev–Trinajstić information content (AvgIpc) is 2.50. The summed E-state index contributed by atoms with van der Waals surface area (Å²) in [6.45, 7) is 2.80. The highest BCUT2D eigenvalue weighted by molar-refractivity contribution is 4.92. The van der Waals surface area contributed by atoms with E-state index in [-0.39, 0.29) is 0 Å². The van der Waals surface area contributed by atoms with E-state index in [1.165, 1.54) is 70.6 Å². The van der Waals surface area contributed by atoms with Gasteiger partial charge in [0.1, 0.15) is 6.61 Å². The van der Waals surface area contributed by atoms with Crippen LogP contribution in [0.1, 0.15) is 77.6 Å². The molecule has 0 aliphatic heterocycles. The van der Waals surface area contributed by atoms with Gasteiger partial charge in [-0.25, -0.2) is 0 Å². The Morgan fingerprint density at radius 1 is 1.05 bits per heavy atom. The normalized spacial score (nSPS) is 33.4. The van der Waals surface area contributed by atoms with Crippen LogP contribution in [-0.4, -0.2) is 12.7 Å². The smallest absolute Gasteiger partial charge is 0.107 e. The zero-order chi connectivity index (χ0) is 14.2. The Morgan fingerprint density at radius 2 is 1.90 bits per heavy atom. The number of fused-ring (bicyclic) bond motifs is 1. The number of hydrogen-bond acceptors (Lipinski definition) is 1. The fourth-order valence-corrected chi connectivity index (χ4v) is 4.60. The topological polar surface area (TPSA) is 9.23 Å². The van der Waals surface area contributed by atoms with Crippen LogP contribution in [0.5, 0.6) is 0 Å². The predicted octanol–water partition coefficient (Wildman–Crippen LogP) is 5.19. The summed E-state index contributed by atoms with van der Waals surface area (Å²) in [5, 5.41) is 0. The monoisotopic (exact) mass is 276 g/mol. The van der Waals surface area contributed by atoms with Crippen molar-refractivity contribution >= 4 is 0 Å². The summed E-state index contributed by atoms with van der Waals surface area (Å²) in [6, 6.07) is 0. The van der Waals surface area contributed by atoms with Gasteiger partial charge in [-0.1, -0.05) is 57.8 Å². The summed E-state index contributed by atoms with van der Waals surface area (Å²) >= 11 is 0. The van der Waals surface area contributed by atoms with E-state index in [2.05, 4.69) is 12.8 Å². The standard InChI is InChI=1S/C19H32O/c1-3-5-6-7-12-18-17-11-9-8-10-16(17)13-14-19(18)20-15-4-2/h2,16-19H,3,5-15H2,1H3. The molecule has 0 aromatic rings. The Kier molecular flexibility index (Phi) is 6.94. The Labute approximate surface area is 125 Å². The van der Waals surface area contributed by atoms with Gasteiger partial charge < -0.3 is 4.74 Å². The maximum atomic E-state index is 6.01. The van der Waals surface area contributed by atoms with Crippen LogP contribution < -0.4 is 0 Å². The molecule has 0 spiro atoms. The number of unbranched alkanes of at least 4 members (excludes halogenated alkanes) is 3. The van der Waals surface area contributed by atoms with Crippen LogP contribution in [0.25, 0.3) is 0 Å². The second-order valence-electron chi connectivity index (χ2n) is 6.85. The minimum Gasteiger partial charge on any atom is -0.365 e. The van der Waals surface area contributed by atoms with Crippen LogP contribution in [0.15, 0.2) is 0 Å². The van der Waals surface area contributed by atoms with Crippen LogP contribution in [0.2, 0.25) is 0 Å². The summed E-state index contributed by atoms with van der Waals surface area (Å²) < 4.78 is 6.01. The third kappa shape index (κ3) is 4.26. The highest BCUT2D eigenvalue weighted by atomic mass is 16.5. The minimum absolute atomic E-state index is 0.451. The van der Waals surface area contributed by atoms with E-state index in [1.807, 2.05) is 0 Å². The van der Waals surface area contributed by atoms with Gasteiger partial charge in [-0.3, -0.25) is 0 Å². The quantitative estimate of drug-likeness (QED) is 0.459. The van der Waals surface area contributed by atoms with Crippen molar-refractivity contribution in [2.75, 3.05) is 6.61 Å². The molecule has 0 aromatic carbocycles. The molecule has 4 unspecified atom stereocenters. The van der Waals surface area contributed by atoms with E-state index in [9.17, 15) is 0 Å². The van der Waals surface area contributed by atoms with Gasteiger partial charge in [-0.2, -0.15) is 0 Å². The van der Waals surface area contributed by atoms with Crippen molar-refractivity contribution in [3.05, 3.63) is 0 Å². The fourth-order valence-electron chi connectivity index (χ4n) is 4.60. The highest BCUT2D eigenvalue weighted by Crippen LogP contribution is 2.46. The lowest BCUT2D eigenvalue weighted by Crippen LogP contribution is -2.41. The van der Waals surface area contributed by atoms with Gasteiger partial charge in [0.05, 0.1) is 6.10 Å². The molecule has 1 heteroatoms. The predicted molar refractivity (Wildman–Crippen MR) is 85.5 cm³/mol. The van der Waals surface area contributed by atoms with Crippen LogP contribution in [-0.2, 0) is 4.74 Å². The van der Waals surface area contributed by atoms with Crippen LogP contribution >= 0.6 is 0 Å². The Hall–Kier alpha value is -0.480. The lowest BCUT2D eigenvalue weighted by Gasteiger charge is -2.45. The van der Waals surface area contributed by atoms with Crippen molar-refractivity contribution < 1.29 is 4.74 Å². The molecule has 2 rings (SSSR count). The number of ether oxygens (including phenoxy) is 1.